The highest BCUT2D eigenvalue weighted by Gasteiger charge is 2.17. The Morgan fingerprint density at radius 1 is 0.950 bits per heavy atom. The van der Waals surface area contributed by atoms with E-state index in [2.05, 4.69) is 23.2 Å². The van der Waals surface area contributed by atoms with Crippen LogP contribution in [0.1, 0.15) is 5.56 Å². The predicted octanol–water partition coefficient (Wildman–Crippen LogP) is 3.72. The van der Waals surface area contributed by atoms with Crippen molar-refractivity contribution >= 4 is 16.7 Å². The second-order valence-electron chi connectivity index (χ2n) is 5.03. The van der Waals surface area contributed by atoms with Crippen molar-refractivity contribution in [1.82, 2.24) is 9.88 Å². The lowest BCUT2D eigenvalue weighted by molar-refractivity contribution is 0.620. The number of benzene rings is 2. The third kappa shape index (κ3) is 1.97. The number of aromatic nitrogens is 1. The summed E-state index contributed by atoms with van der Waals surface area (Å²) in [5.41, 5.74) is 4.13. The highest BCUT2D eigenvalue weighted by atomic mass is 15.1. The SMILES string of the molecule is CN(C)C(=N)c1c(-c2ccccc2)[nH]c2ccccc12. The van der Waals surface area contributed by atoms with Gasteiger partial charge in [-0.1, -0.05) is 48.5 Å². The van der Waals surface area contributed by atoms with Crippen LogP contribution in [0.4, 0.5) is 0 Å². The van der Waals surface area contributed by atoms with Crippen molar-refractivity contribution in [3.8, 4) is 11.3 Å². The molecule has 0 radical (unpaired) electrons. The molecule has 3 heteroatoms. The van der Waals surface area contributed by atoms with E-state index >= 15 is 0 Å². The first kappa shape index (κ1) is 12.5. The third-order valence-electron chi connectivity index (χ3n) is 3.45. The standard InChI is InChI=1S/C17H17N3/c1-20(2)17(18)15-13-10-6-7-11-14(13)19-16(15)12-8-4-3-5-9-12/h3-11,18-19H,1-2H3. The maximum Gasteiger partial charge on any atom is 0.130 e. The van der Waals surface area contributed by atoms with Crippen LogP contribution in [0, 0.1) is 5.41 Å². The van der Waals surface area contributed by atoms with E-state index in [1.54, 1.807) is 0 Å². The summed E-state index contributed by atoms with van der Waals surface area (Å²) >= 11 is 0. The van der Waals surface area contributed by atoms with Crippen LogP contribution in [0.3, 0.4) is 0 Å². The Balaban J connectivity index is 2.31. The fraction of sp³-hybridized carbons (Fsp3) is 0.118. The van der Waals surface area contributed by atoms with E-state index in [9.17, 15) is 0 Å². The minimum Gasteiger partial charge on any atom is -0.363 e. The molecule has 3 nitrogen and oxygen atoms in total. The van der Waals surface area contributed by atoms with Gasteiger partial charge in [-0.05, 0) is 11.6 Å². The molecule has 1 heterocycles. The number of amidine groups is 1. The van der Waals surface area contributed by atoms with Gasteiger partial charge in [-0.15, -0.1) is 0 Å². The summed E-state index contributed by atoms with van der Waals surface area (Å²) in [6.07, 6.45) is 0. The Hall–Kier alpha value is -2.55. The van der Waals surface area contributed by atoms with Gasteiger partial charge in [-0.3, -0.25) is 5.41 Å². The fourth-order valence-electron chi connectivity index (χ4n) is 2.43. The molecule has 0 fully saturated rings. The van der Waals surface area contributed by atoms with Gasteiger partial charge in [0.15, 0.2) is 0 Å². The zero-order chi connectivity index (χ0) is 14.1. The maximum atomic E-state index is 8.38. The number of aromatic amines is 1. The average molecular weight is 263 g/mol. The molecule has 0 atom stereocenters. The molecule has 0 aliphatic heterocycles. The van der Waals surface area contributed by atoms with Crippen LogP contribution in [-0.2, 0) is 0 Å². The molecule has 3 rings (SSSR count). The molecule has 2 N–H and O–H groups in total. The van der Waals surface area contributed by atoms with Crippen LogP contribution in [-0.4, -0.2) is 29.8 Å². The molecule has 20 heavy (non-hydrogen) atoms. The monoisotopic (exact) mass is 263 g/mol. The fourth-order valence-corrected chi connectivity index (χ4v) is 2.43. The molecule has 0 spiro atoms. The van der Waals surface area contributed by atoms with Crippen LogP contribution in [0.25, 0.3) is 22.2 Å². The van der Waals surface area contributed by atoms with Gasteiger partial charge in [0.1, 0.15) is 5.84 Å². The van der Waals surface area contributed by atoms with Crippen LogP contribution in [0.5, 0.6) is 0 Å². The van der Waals surface area contributed by atoms with Crippen LogP contribution in [0.2, 0.25) is 0 Å². The molecular formula is C17H17N3. The highest BCUT2D eigenvalue weighted by Crippen LogP contribution is 2.30. The van der Waals surface area contributed by atoms with Crippen molar-refractivity contribution in [2.24, 2.45) is 0 Å². The first-order chi connectivity index (χ1) is 9.68. The Bertz CT molecular complexity index is 754. The predicted molar refractivity (Wildman–Crippen MR) is 84.3 cm³/mol. The average Bonchev–Trinajstić information content (AvgIpc) is 2.86. The van der Waals surface area contributed by atoms with Gasteiger partial charge < -0.3 is 9.88 Å². The number of rotatable bonds is 2. The van der Waals surface area contributed by atoms with Crippen molar-refractivity contribution in [1.29, 1.82) is 5.41 Å². The number of fused-ring (bicyclic) bond motifs is 1. The Labute approximate surface area is 118 Å². The third-order valence-corrected chi connectivity index (χ3v) is 3.45. The molecule has 0 bridgehead atoms. The van der Waals surface area contributed by atoms with Gasteiger partial charge >= 0.3 is 0 Å². The number of hydrogen-bond donors (Lipinski definition) is 2. The van der Waals surface area contributed by atoms with E-state index < -0.39 is 0 Å². The minimum atomic E-state index is 0.515. The van der Waals surface area contributed by atoms with Gasteiger partial charge in [0, 0.05) is 30.6 Å². The zero-order valence-electron chi connectivity index (χ0n) is 11.6. The topological polar surface area (TPSA) is 42.9 Å². The maximum absolute atomic E-state index is 8.38. The second kappa shape index (κ2) is 4.85. The van der Waals surface area contributed by atoms with Crippen molar-refractivity contribution in [2.45, 2.75) is 0 Å². The Morgan fingerprint density at radius 2 is 1.60 bits per heavy atom. The number of nitrogens with one attached hydrogen (secondary N) is 2. The summed E-state index contributed by atoms with van der Waals surface area (Å²) < 4.78 is 0. The molecule has 0 aliphatic rings. The molecule has 0 unspecified atom stereocenters. The van der Waals surface area contributed by atoms with Gasteiger partial charge in [0.25, 0.3) is 0 Å². The normalized spacial score (nSPS) is 10.7. The minimum absolute atomic E-state index is 0.515. The number of nitrogens with zero attached hydrogens (tertiary/aromatic N) is 1. The van der Waals surface area contributed by atoms with Crippen LogP contribution < -0.4 is 0 Å². The first-order valence-electron chi connectivity index (χ1n) is 6.61. The summed E-state index contributed by atoms with van der Waals surface area (Å²) in [5, 5.41) is 9.47. The Morgan fingerprint density at radius 3 is 2.30 bits per heavy atom. The Kier molecular flexibility index (Phi) is 3.03. The summed E-state index contributed by atoms with van der Waals surface area (Å²) in [7, 11) is 3.80. The van der Waals surface area contributed by atoms with Crippen LogP contribution >= 0.6 is 0 Å². The van der Waals surface area contributed by atoms with Crippen molar-refractivity contribution < 1.29 is 0 Å². The summed E-state index contributed by atoms with van der Waals surface area (Å²) in [5.74, 6) is 0.515. The van der Waals surface area contributed by atoms with E-state index in [0.717, 1.165) is 27.7 Å². The molecule has 100 valence electrons. The lowest BCUT2D eigenvalue weighted by Gasteiger charge is -2.15. The van der Waals surface area contributed by atoms with Gasteiger partial charge in [-0.25, -0.2) is 0 Å². The lowest BCUT2D eigenvalue weighted by atomic mass is 10.0. The van der Waals surface area contributed by atoms with Gasteiger partial charge in [-0.2, -0.15) is 0 Å². The summed E-state index contributed by atoms with van der Waals surface area (Å²) in [4.78, 5) is 5.28. The number of H-pyrrole nitrogens is 1. The zero-order valence-corrected chi connectivity index (χ0v) is 11.6. The van der Waals surface area contributed by atoms with Gasteiger partial charge in [0.05, 0.1) is 5.69 Å². The number of hydrogen-bond acceptors (Lipinski definition) is 1. The van der Waals surface area contributed by atoms with Crippen molar-refractivity contribution in [3.63, 3.8) is 0 Å². The largest absolute Gasteiger partial charge is 0.363 e. The van der Waals surface area contributed by atoms with Crippen molar-refractivity contribution in [2.75, 3.05) is 14.1 Å². The van der Waals surface area contributed by atoms with E-state index in [1.807, 2.05) is 55.4 Å². The van der Waals surface area contributed by atoms with Crippen molar-refractivity contribution in [3.05, 3.63) is 60.2 Å². The number of para-hydroxylation sites is 1. The highest BCUT2D eigenvalue weighted by molar-refractivity contribution is 6.13. The quantitative estimate of drug-likeness (QED) is 0.537. The van der Waals surface area contributed by atoms with E-state index in [-0.39, 0.29) is 0 Å². The summed E-state index contributed by atoms with van der Waals surface area (Å²) in [6, 6.07) is 18.3. The van der Waals surface area contributed by atoms with Gasteiger partial charge in [0.2, 0.25) is 0 Å². The van der Waals surface area contributed by atoms with E-state index in [1.165, 1.54) is 0 Å². The molecule has 3 aromatic rings. The van der Waals surface area contributed by atoms with E-state index in [4.69, 9.17) is 5.41 Å². The van der Waals surface area contributed by atoms with E-state index in [0.29, 0.717) is 5.84 Å². The molecular weight excluding hydrogens is 246 g/mol. The molecule has 0 saturated carbocycles. The molecule has 0 aliphatic carbocycles. The summed E-state index contributed by atoms with van der Waals surface area (Å²) in [6.45, 7) is 0. The van der Waals surface area contributed by atoms with Crippen LogP contribution in [0.15, 0.2) is 54.6 Å². The first-order valence-corrected chi connectivity index (χ1v) is 6.61. The molecule has 2 aromatic carbocycles. The molecule has 0 saturated heterocycles. The lowest BCUT2D eigenvalue weighted by Crippen LogP contribution is -2.22. The molecule has 1 aromatic heterocycles. The molecule has 0 amide bonds. The smallest absolute Gasteiger partial charge is 0.130 e. The second-order valence-corrected chi connectivity index (χ2v) is 5.03.